The lowest BCUT2D eigenvalue weighted by molar-refractivity contribution is 0.125. The minimum Gasteiger partial charge on any atom is -0.388 e. The van der Waals surface area contributed by atoms with Crippen LogP contribution in [0.15, 0.2) is 22.7 Å². The molecule has 2 N–H and O–H groups in total. The van der Waals surface area contributed by atoms with E-state index in [4.69, 9.17) is 16.3 Å². The van der Waals surface area contributed by atoms with Gasteiger partial charge in [0.25, 0.3) is 0 Å². The van der Waals surface area contributed by atoms with Crippen molar-refractivity contribution in [3.63, 3.8) is 0 Å². The first-order valence-electron chi connectivity index (χ1n) is 4.64. The van der Waals surface area contributed by atoms with Gasteiger partial charge in [-0.05, 0) is 34.1 Å². The maximum absolute atomic E-state index is 9.57. The van der Waals surface area contributed by atoms with Crippen molar-refractivity contribution in [1.82, 2.24) is 0 Å². The molecule has 0 aliphatic carbocycles. The lowest BCUT2D eigenvalue weighted by atomic mass is 10.2. The molecule has 1 aliphatic rings. The minimum atomic E-state index is -0.451. The van der Waals surface area contributed by atoms with E-state index in [9.17, 15) is 5.11 Å². The van der Waals surface area contributed by atoms with Crippen LogP contribution in [0, 0.1) is 0 Å². The summed E-state index contributed by atoms with van der Waals surface area (Å²) in [4.78, 5) is 0. The molecule has 0 amide bonds. The number of anilines is 1. The molecule has 1 heterocycles. The van der Waals surface area contributed by atoms with Crippen LogP contribution in [0.1, 0.15) is 0 Å². The van der Waals surface area contributed by atoms with Crippen molar-refractivity contribution in [2.45, 2.75) is 12.1 Å². The van der Waals surface area contributed by atoms with Gasteiger partial charge in [0.15, 0.2) is 0 Å². The van der Waals surface area contributed by atoms with Crippen molar-refractivity contribution in [1.29, 1.82) is 0 Å². The van der Waals surface area contributed by atoms with Crippen molar-refractivity contribution >= 4 is 33.2 Å². The van der Waals surface area contributed by atoms with Gasteiger partial charge in [-0.2, -0.15) is 0 Å². The van der Waals surface area contributed by atoms with Crippen LogP contribution in [0.3, 0.4) is 0 Å². The second kappa shape index (κ2) is 4.70. The molecule has 2 unspecified atom stereocenters. The fourth-order valence-electron chi connectivity index (χ4n) is 1.49. The van der Waals surface area contributed by atoms with E-state index in [2.05, 4.69) is 21.2 Å². The molecular formula is C10H11BrClNO2. The maximum atomic E-state index is 9.57. The van der Waals surface area contributed by atoms with E-state index >= 15 is 0 Å². The van der Waals surface area contributed by atoms with Crippen LogP contribution in [0.2, 0.25) is 5.02 Å². The summed E-state index contributed by atoms with van der Waals surface area (Å²) in [5, 5.41) is 13.4. The molecule has 1 aromatic rings. The average molecular weight is 293 g/mol. The summed E-state index contributed by atoms with van der Waals surface area (Å²) in [6.45, 7) is 0.916. The number of ether oxygens (including phenoxy) is 1. The molecule has 15 heavy (non-hydrogen) atoms. The van der Waals surface area contributed by atoms with E-state index in [0.29, 0.717) is 18.2 Å². The predicted octanol–water partition coefficient (Wildman–Crippen LogP) is 2.27. The van der Waals surface area contributed by atoms with Crippen molar-refractivity contribution in [3.8, 4) is 0 Å². The lowest BCUT2D eigenvalue weighted by Crippen LogP contribution is -2.31. The number of benzene rings is 1. The van der Waals surface area contributed by atoms with Gasteiger partial charge in [0.2, 0.25) is 0 Å². The number of hydrogen-bond acceptors (Lipinski definition) is 3. The maximum Gasteiger partial charge on any atom is 0.0996 e. The van der Waals surface area contributed by atoms with Gasteiger partial charge in [0.1, 0.15) is 0 Å². The van der Waals surface area contributed by atoms with E-state index in [-0.39, 0.29) is 6.04 Å². The summed E-state index contributed by atoms with van der Waals surface area (Å²) in [6, 6.07) is 5.43. The zero-order valence-electron chi connectivity index (χ0n) is 7.91. The van der Waals surface area contributed by atoms with Crippen LogP contribution in [-0.4, -0.2) is 30.5 Å². The summed E-state index contributed by atoms with van der Waals surface area (Å²) in [7, 11) is 0. The standard InChI is InChI=1S/C10H11BrClNO2/c11-7-3-6(12)1-2-8(7)13-9-4-15-5-10(9)14/h1-3,9-10,13-14H,4-5H2. The highest BCUT2D eigenvalue weighted by Gasteiger charge is 2.26. The molecule has 5 heteroatoms. The van der Waals surface area contributed by atoms with Crippen molar-refractivity contribution in [3.05, 3.63) is 27.7 Å². The first-order valence-corrected chi connectivity index (χ1v) is 5.81. The summed E-state index contributed by atoms with van der Waals surface area (Å²) < 4.78 is 6.03. The zero-order chi connectivity index (χ0) is 10.8. The molecule has 1 saturated heterocycles. The fraction of sp³-hybridized carbons (Fsp3) is 0.400. The van der Waals surface area contributed by atoms with Crippen LogP contribution in [0.25, 0.3) is 0 Å². The molecule has 0 bridgehead atoms. The number of halogens is 2. The fourth-order valence-corrected chi connectivity index (χ4v) is 2.28. The van der Waals surface area contributed by atoms with E-state index in [1.807, 2.05) is 12.1 Å². The molecule has 0 aromatic heterocycles. The third-order valence-corrected chi connectivity index (χ3v) is 3.21. The molecule has 2 rings (SSSR count). The smallest absolute Gasteiger partial charge is 0.0996 e. The van der Waals surface area contributed by atoms with Gasteiger partial charge < -0.3 is 15.2 Å². The first-order chi connectivity index (χ1) is 7.16. The Labute approximate surface area is 102 Å². The van der Waals surface area contributed by atoms with Gasteiger partial charge in [0.05, 0.1) is 25.4 Å². The topological polar surface area (TPSA) is 41.5 Å². The third-order valence-electron chi connectivity index (χ3n) is 2.32. The molecule has 0 radical (unpaired) electrons. The molecule has 3 nitrogen and oxygen atoms in total. The van der Waals surface area contributed by atoms with E-state index in [1.54, 1.807) is 6.07 Å². The van der Waals surface area contributed by atoms with E-state index < -0.39 is 6.10 Å². The van der Waals surface area contributed by atoms with Crippen molar-refractivity contribution in [2.24, 2.45) is 0 Å². The van der Waals surface area contributed by atoms with E-state index in [0.717, 1.165) is 10.2 Å². The quantitative estimate of drug-likeness (QED) is 0.879. The van der Waals surface area contributed by atoms with Gasteiger partial charge >= 0.3 is 0 Å². The molecular weight excluding hydrogens is 281 g/mol. The highest BCUT2D eigenvalue weighted by molar-refractivity contribution is 9.10. The largest absolute Gasteiger partial charge is 0.388 e. The summed E-state index contributed by atoms with van der Waals surface area (Å²) in [6.07, 6.45) is -0.451. The molecule has 1 fully saturated rings. The van der Waals surface area contributed by atoms with Crippen LogP contribution >= 0.6 is 27.5 Å². The van der Waals surface area contributed by atoms with Gasteiger partial charge in [-0.25, -0.2) is 0 Å². The van der Waals surface area contributed by atoms with Gasteiger partial charge in [0, 0.05) is 15.2 Å². The van der Waals surface area contributed by atoms with Crippen molar-refractivity contribution in [2.75, 3.05) is 18.5 Å². The Balaban J connectivity index is 2.10. The Morgan fingerprint density at radius 1 is 1.47 bits per heavy atom. The predicted molar refractivity (Wildman–Crippen MR) is 63.4 cm³/mol. The lowest BCUT2D eigenvalue weighted by Gasteiger charge is -2.17. The number of rotatable bonds is 2. The van der Waals surface area contributed by atoms with Gasteiger partial charge in [-0.3, -0.25) is 0 Å². The number of hydrogen-bond donors (Lipinski definition) is 2. The van der Waals surface area contributed by atoms with Gasteiger partial charge in [-0.15, -0.1) is 0 Å². The molecule has 1 aromatic carbocycles. The van der Waals surface area contributed by atoms with Crippen LogP contribution in [0.4, 0.5) is 5.69 Å². The monoisotopic (exact) mass is 291 g/mol. The first kappa shape index (κ1) is 11.2. The van der Waals surface area contributed by atoms with Crippen LogP contribution in [-0.2, 0) is 4.74 Å². The SMILES string of the molecule is OC1COCC1Nc1ccc(Cl)cc1Br. The Morgan fingerprint density at radius 3 is 2.87 bits per heavy atom. The molecule has 0 saturated carbocycles. The normalized spacial score (nSPS) is 25.5. The average Bonchev–Trinajstić information content (AvgIpc) is 2.57. The van der Waals surface area contributed by atoms with Gasteiger partial charge in [-0.1, -0.05) is 11.6 Å². The Hall–Kier alpha value is -0.290. The number of aliphatic hydroxyl groups excluding tert-OH is 1. The Morgan fingerprint density at radius 2 is 2.27 bits per heavy atom. The van der Waals surface area contributed by atoms with Crippen LogP contribution < -0.4 is 5.32 Å². The summed E-state index contributed by atoms with van der Waals surface area (Å²) >= 11 is 9.24. The highest BCUT2D eigenvalue weighted by atomic mass is 79.9. The number of nitrogens with one attached hydrogen (secondary N) is 1. The molecule has 0 spiro atoms. The second-order valence-corrected chi connectivity index (χ2v) is 4.77. The second-order valence-electron chi connectivity index (χ2n) is 3.48. The van der Waals surface area contributed by atoms with E-state index in [1.165, 1.54) is 0 Å². The minimum absolute atomic E-state index is 0.0533. The molecule has 2 atom stereocenters. The van der Waals surface area contributed by atoms with Crippen LogP contribution in [0.5, 0.6) is 0 Å². The zero-order valence-corrected chi connectivity index (χ0v) is 10.3. The van der Waals surface area contributed by atoms with Crippen molar-refractivity contribution < 1.29 is 9.84 Å². The summed E-state index contributed by atoms with van der Waals surface area (Å²) in [5.41, 5.74) is 0.911. The molecule has 1 aliphatic heterocycles. The molecule has 82 valence electrons. The summed E-state index contributed by atoms with van der Waals surface area (Å²) in [5.74, 6) is 0. The third kappa shape index (κ3) is 2.64. The Kier molecular flexibility index (Phi) is 3.51. The highest BCUT2D eigenvalue weighted by Crippen LogP contribution is 2.27. The Bertz CT molecular complexity index is 361. The number of aliphatic hydroxyl groups is 1.